The molecule has 0 N–H and O–H groups in total. The molecule has 0 aromatic rings. The summed E-state index contributed by atoms with van der Waals surface area (Å²) < 4.78 is 0. The van der Waals surface area contributed by atoms with Crippen molar-refractivity contribution in [3.63, 3.8) is 0 Å². The van der Waals surface area contributed by atoms with Crippen molar-refractivity contribution in [1.82, 2.24) is 9.80 Å². The van der Waals surface area contributed by atoms with E-state index < -0.39 is 5.54 Å². The van der Waals surface area contributed by atoms with Gasteiger partial charge in [0.15, 0.2) is 0 Å². The Bertz CT molecular complexity index is 247. The van der Waals surface area contributed by atoms with Gasteiger partial charge in [-0.25, -0.2) is 4.79 Å². The first-order valence-corrected chi connectivity index (χ1v) is 3.69. The molecule has 2 heterocycles. The average molecular weight is 154 g/mol. The molecule has 4 nitrogen and oxygen atoms in total. The Kier molecular flexibility index (Phi) is 0.948. The summed E-state index contributed by atoms with van der Waals surface area (Å²) in [5, 5.41) is 0. The van der Waals surface area contributed by atoms with Crippen LogP contribution in [0.2, 0.25) is 0 Å². The minimum atomic E-state index is -0.588. The van der Waals surface area contributed by atoms with E-state index in [-0.39, 0.29) is 11.9 Å². The fourth-order valence-electron chi connectivity index (χ4n) is 1.69. The van der Waals surface area contributed by atoms with Gasteiger partial charge in [0, 0.05) is 13.1 Å². The number of carbonyl (C=O) groups is 2. The second kappa shape index (κ2) is 1.57. The van der Waals surface area contributed by atoms with Gasteiger partial charge in [-0.3, -0.25) is 9.69 Å². The second-order valence-corrected chi connectivity index (χ2v) is 3.45. The second-order valence-electron chi connectivity index (χ2n) is 3.45. The van der Waals surface area contributed by atoms with E-state index in [9.17, 15) is 9.59 Å². The van der Waals surface area contributed by atoms with Crippen molar-refractivity contribution in [2.45, 2.75) is 19.4 Å². The highest BCUT2D eigenvalue weighted by Crippen LogP contribution is 2.31. The lowest BCUT2D eigenvalue weighted by molar-refractivity contribution is -0.134. The standard InChI is InChI=1S/C7H10N2O2/c1-7(2)5(10)8-3-4-9(7)6(8)11/h3-4H2,1-2H3. The topological polar surface area (TPSA) is 40.6 Å². The number of amides is 3. The van der Waals surface area contributed by atoms with Crippen molar-refractivity contribution in [2.24, 2.45) is 0 Å². The van der Waals surface area contributed by atoms with Crippen LogP contribution in [0.25, 0.3) is 0 Å². The molecule has 0 atom stereocenters. The zero-order chi connectivity index (χ0) is 8.22. The van der Waals surface area contributed by atoms with Crippen LogP contribution in [0.4, 0.5) is 4.79 Å². The molecule has 0 saturated carbocycles. The molecule has 2 saturated heterocycles. The maximum Gasteiger partial charge on any atom is 0.327 e. The largest absolute Gasteiger partial charge is 0.327 e. The zero-order valence-corrected chi connectivity index (χ0v) is 6.63. The number of rotatable bonds is 0. The summed E-state index contributed by atoms with van der Waals surface area (Å²) in [6.45, 7) is 4.83. The van der Waals surface area contributed by atoms with Gasteiger partial charge in [-0.1, -0.05) is 0 Å². The zero-order valence-electron chi connectivity index (χ0n) is 6.63. The van der Waals surface area contributed by atoms with Crippen molar-refractivity contribution in [3.05, 3.63) is 0 Å². The van der Waals surface area contributed by atoms with Crippen molar-refractivity contribution in [2.75, 3.05) is 13.1 Å². The normalized spacial score (nSPS) is 27.1. The Balaban J connectivity index is 2.46. The molecule has 2 fully saturated rings. The van der Waals surface area contributed by atoms with Gasteiger partial charge in [-0.15, -0.1) is 0 Å². The van der Waals surface area contributed by atoms with E-state index in [1.807, 2.05) is 0 Å². The van der Waals surface area contributed by atoms with Crippen LogP contribution < -0.4 is 0 Å². The van der Waals surface area contributed by atoms with Crippen LogP contribution in [0, 0.1) is 0 Å². The molecule has 60 valence electrons. The number of nitrogens with zero attached hydrogens (tertiary/aromatic N) is 2. The number of carbonyl (C=O) groups excluding carboxylic acids is 2. The van der Waals surface area contributed by atoms with Gasteiger partial charge >= 0.3 is 6.03 Å². The van der Waals surface area contributed by atoms with Crippen molar-refractivity contribution >= 4 is 11.9 Å². The van der Waals surface area contributed by atoms with Gasteiger partial charge in [0.25, 0.3) is 5.91 Å². The molecular formula is C7H10N2O2. The first kappa shape index (κ1) is 6.64. The van der Waals surface area contributed by atoms with Crippen LogP contribution in [0.15, 0.2) is 0 Å². The number of hydrogen-bond acceptors (Lipinski definition) is 2. The van der Waals surface area contributed by atoms with E-state index in [0.29, 0.717) is 13.1 Å². The summed E-state index contributed by atoms with van der Waals surface area (Å²) in [4.78, 5) is 25.5. The third-order valence-corrected chi connectivity index (χ3v) is 2.45. The number of imide groups is 1. The van der Waals surface area contributed by atoms with Crippen molar-refractivity contribution in [1.29, 1.82) is 0 Å². The third kappa shape index (κ3) is 0.552. The smallest absolute Gasteiger partial charge is 0.308 e. The van der Waals surface area contributed by atoms with Gasteiger partial charge < -0.3 is 4.90 Å². The minimum Gasteiger partial charge on any atom is -0.308 e. The van der Waals surface area contributed by atoms with E-state index in [2.05, 4.69) is 0 Å². The lowest BCUT2D eigenvalue weighted by Crippen LogP contribution is -2.48. The first-order chi connectivity index (χ1) is 5.05. The van der Waals surface area contributed by atoms with Crippen LogP contribution >= 0.6 is 0 Å². The SMILES string of the molecule is CC1(C)C(=O)N2CCN1C2=O. The molecule has 0 aromatic carbocycles. The predicted octanol–water partition coefficient (Wildman–Crippen LogP) is 0.0428. The summed E-state index contributed by atoms with van der Waals surface area (Å²) in [6, 6.07) is -0.125. The monoisotopic (exact) mass is 154 g/mol. The summed E-state index contributed by atoms with van der Waals surface area (Å²) in [5.41, 5.74) is -0.588. The van der Waals surface area contributed by atoms with Crippen LogP contribution in [0.5, 0.6) is 0 Å². The summed E-state index contributed by atoms with van der Waals surface area (Å²) in [7, 11) is 0. The molecule has 0 aromatic heterocycles. The number of piperazine rings is 1. The van der Waals surface area contributed by atoms with E-state index >= 15 is 0 Å². The molecule has 4 heteroatoms. The predicted molar refractivity (Wildman–Crippen MR) is 37.9 cm³/mol. The van der Waals surface area contributed by atoms with Crippen LogP contribution in [0.1, 0.15) is 13.8 Å². The summed E-state index contributed by atoms with van der Waals surface area (Å²) in [6.07, 6.45) is 0. The maximum absolute atomic E-state index is 11.4. The van der Waals surface area contributed by atoms with E-state index in [4.69, 9.17) is 0 Å². The number of hydrogen-bond donors (Lipinski definition) is 0. The van der Waals surface area contributed by atoms with Crippen LogP contribution in [-0.2, 0) is 4.79 Å². The number of urea groups is 1. The van der Waals surface area contributed by atoms with Gasteiger partial charge in [0.05, 0.1) is 0 Å². The molecule has 0 radical (unpaired) electrons. The molecule has 0 unspecified atom stereocenters. The molecule has 0 aliphatic carbocycles. The van der Waals surface area contributed by atoms with Crippen molar-refractivity contribution in [3.8, 4) is 0 Å². The molecule has 2 bridgehead atoms. The highest BCUT2D eigenvalue weighted by atomic mass is 16.2. The van der Waals surface area contributed by atoms with Gasteiger partial charge in [0.1, 0.15) is 5.54 Å². The molecule has 2 aliphatic heterocycles. The van der Waals surface area contributed by atoms with E-state index in [0.717, 1.165) is 0 Å². The Hall–Kier alpha value is -1.06. The van der Waals surface area contributed by atoms with Gasteiger partial charge in [-0.05, 0) is 13.8 Å². The quantitative estimate of drug-likeness (QED) is 0.462. The average Bonchev–Trinajstić information content (AvgIpc) is 2.34. The van der Waals surface area contributed by atoms with E-state index in [1.54, 1.807) is 18.7 Å². The molecule has 2 aliphatic rings. The molecule has 0 spiro atoms. The van der Waals surface area contributed by atoms with Crippen molar-refractivity contribution < 1.29 is 9.59 Å². The molecule has 11 heavy (non-hydrogen) atoms. The molecule has 2 rings (SSSR count). The highest BCUT2D eigenvalue weighted by molar-refractivity contribution is 6.07. The summed E-state index contributed by atoms with van der Waals surface area (Å²) in [5.74, 6) is -0.0613. The lowest BCUT2D eigenvalue weighted by atomic mass is 10.0. The maximum atomic E-state index is 11.4. The highest BCUT2D eigenvalue weighted by Gasteiger charge is 2.54. The third-order valence-electron chi connectivity index (χ3n) is 2.45. The van der Waals surface area contributed by atoms with Gasteiger partial charge in [0.2, 0.25) is 0 Å². The first-order valence-electron chi connectivity index (χ1n) is 3.69. The fraction of sp³-hybridized carbons (Fsp3) is 0.714. The minimum absolute atomic E-state index is 0.0613. The summed E-state index contributed by atoms with van der Waals surface area (Å²) >= 11 is 0. The Labute approximate surface area is 64.8 Å². The lowest BCUT2D eigenvalue weighted by Gasteiger charge is -2.28. The molecule has 3 amide bonds. The fourth-order valence-corrected chi connectivity index (χ4v) is 1.69. The van der Waals surface area contributed by atoms with Crippen LogP contribution in [0.3, 0.4) is 0 Å². The Morgan fingerprint density at radius 3 is 2.18 bits per heavy atom. The Morgan fingerprint density at radius 2 is 1.91 bits per heavy atom. The Morgan fingerprint density at radius 1 is 1.27 bits per heavy atom. The van der Waals surface area contributed by atoms with Gasteiger partial charge in [-0.2, -0.15) is 0 Å². The van der Waals surface area contributed by atoms with Crippen LogP contribution in [-0.4, -0.2) is 40.4 Å². The molecular weight excluding hydrogens is 144 g/mol. The number of fused-ring (bicyclic) bond motifs is 2. The van der Waals surface area contributed by atoms with E-state index in [1.165, 1.54) is 4.90 Å².